The third-order valence-corrected chi connectivity index (χ3v) is 3.07. The summed E-state index contributed by atoms with van der Waals surface area (Å²) in [6, 6.07) is 9.67. The number of carbonyl (C=O) groups is 1. The van der Waals surface area contributed by atoms with Crippen LogP contribution in [-0.2, 0) is 4.79 Å². The van der Waals surface area contributed by atoms with E-state index in [0.717, 1.165) is 44.1 Å². The van der Waals surface area contributed by atoms with Crippen LogP contribution in [0.5, 0.6) is 0 Å². The highest BCUT2D eigenvalue weighted by Crippen LogP contribution is 2.06. The van der Waals surface area contributed by atoms with Gasteiger partial charge in [-0.25, -0.2) is 0 Å². The van der Waals surface area contributed by atoms with Gasteiger partial charge in [0, 0.05) is 18.4 Å². The van der Waals surface area contributed by atoms with Crippen LogP contribution >= 0.6 is 0 Å². The molecule has 0 spiro atoms. The molecule has 0 aliphatic rings. The Labute approximate surface area is 144 Å². The number of hydrogen-bond donors (Lipinski definition) is 1. The maximum atomic E-state index is 10.3. The van der Waals surface area contributed by atoms with Gasteiger partial charge in [-0.2, -0.15) is 0 Å². The average Bonchev–Trinajstić information content (AvgIpc) is 2.59. The van der Waals surface area contributed by atoms with Crippen LogP contribution in [0, 0.1) is 47.4 Å². The smallest absolute Gasteiger partial charge is 0.303 e. The standard InChI is InChI=1S/C22H20O2/c23-22(24)20-16-11-9-7-5-3-1-2-4-6-8-10-13-17-21-18-14-12-15-19-21/h12,14-15,18-19H,3,5,7,9,11,16,20H2,(H,23,24). The van der Waals surface area contributed by atoms with Crippen molar-refractivity contribution in [2.24, 2.45) is 0 Å². The Morgan fingerprint density at radius 1 is 0.792 bits per heavy atom. The van der Waals surface area contributed by atoms with Crippen LogP contribution in [0.1, 0.15) is 50.5 Å². The maximum absolute atomic E-state index is 10.3. The van der Waals surface area contributed by atoms with E-state index in [1.807, 2.05) is 30.3 Å². The lowest BCUT2D eigenvalue weighted by Gasteiger charge is -1.96. The number of carboxylic acids is 1. The van der Waals surface area contributed by atoms with E-state index in [1.54, 1.807) is 0 Å². The molecule has 120 valence electrons. The van der Waals surface area contributed by atoms with Crippen LogP contribution < -0.4 is 0 Å². The molecule has 0 aromatic heterocycles. The molecule has 0 bridgehead atoms. The van der Waals surface area contributed by atoms with Crippen LogP contribution in [0.25, 0.3) is 0 Å². The summed E-state index contributed by atoms with van der Waals surface area (Å²) in [6.45, 7) is 0. The van der Waals surface area contributed by atoms with Gasteiger partial charge in [-0.05, 0) is 60.5 Å². The van der Waals surface area contributed by atoms with E-state index >= 15 is 0 Å². The van der Waals surface area contributed by atoms with Gasteiger partial charge in [0.2, 0.25) is 0 Å². The molecular weight excluding hydrogens is 296 g/mol. The average molecular weight is 316 g/mol. The van der Waals surface area contributed by atoms with E-state index in [0.29, 0.717) is 0 Å². The monoisotopic (exact) mass is 316 g/mol. The first-order valence-electron chi connectivity index (χ1n) is 8.05. The topological polar surface area (TPSA) is 37.3 Å². The summed E-state index contributed by atoms with van der Waals surface area (Å²) >= 11 is 0. The fraction of sp³-hybridized carbons (Fsp3) is 0.318. The Morgan fingerprint density at radius 2 is 1.42 bits per heavy atom. The maximum Gasteiger partial charge on any atom is 0.303 e. The molecule has 0 unspecified atom stereocenters. The number of unbranched alkanes of at least 4 members (excludes halogenated alkanes) is 5. The summed E-state index contributed by atoms with van der Waals surface area (Å²) in [4.78, 5) is 10.3. The fourth-order valence-electron chi connectivity index (χ4n) is 1.88. The Balaban J connectivity index is 2.11. The van der Waals surface area contributed by atoms with Crippen LogP contribution in [0.4, 0.5) is 0 Å². The first-order chi connectivity index (χ1) is 11.8. The lowest BCUT2D eigenvalue weighted by atomic mass is 10.1. The summed E-state index contributed by atoms with van der Waals surface area (Å²) in [5, 5.41) is 8.51. The minimum atomic E-state index is -0.714. The van der Waals surface area contributed by atoms with Gasteiger partial charge in [-0.3, -0.25) is 4.79 Å². The lowest BCUT2D eigenvalue weighted by molar-refractivity contribution is -0.137. The van der Waals surface area contributed by atoms with Gasteiger partial charge in [0.1, 0.15) is 0 Å². The third-order valence-electron chi connectivity index (χ3n) is 3.07. The number of benzene rings is 1. The van der Waals surface area contributed by atoms with Gasteiger partial charge in [0.05, 0.1) is 0 Å². The van der Waals surface area contributed by atoms with Crippen molar-refractivity contribution in [1.29, 1.82) is 0 Å². The second kappa shape index (κ2) is 13.6. The van der Waals surface area contributed by atoms with Crippen molar-refractivity contribution < 1.29 is 9.90 Å². The second-order valence-corrected chi connectivity index (χ2v) is 5.08. The zero-order valence-corrected chi connectivity index (χ0v) is 13.7. The Bertz CT molecular complexity index is 744. The van der Waals surface area contributed by atoms with E-state index in [-0.39, 0.29) is 6.42 Å². The highest BCUT2D eigenvalue weighted by molar-refractivity contribution is 5.66. The van der Waals surface area contributed by atoms with Crippen LogP contribution in [0.2, 0.25) is 0 Å². The molecular formula is C22H20O2. The van der Waals surface area contributed by atoms with E-state index in [2.05, 4.69) is 47.4 Å². The number of rotatable bonds is 7. The molecule has 1 N–H and O–H groups in total. The SMILES string of the molecule is O=C(O)CCCCCCCC#CC#CC#CC#Cc1ccccc1. The molecule has 0 atom stereocenters. The van der Waals surface area contributed by atoms with Crippen molar-refractivity contribution in [3.63, 3.8) is 0 Å². The second-order valence-electron chi connectivity index (χ2n) is 5.08. The first kappa shape index (κ1) is 19.0. The largest absolute Gasteiger partial charge is 0.481 e. The Kier molecular flexibility index (Phi) is 10.7. The third kappa shape index (κ3) is 11.6. The number of carboxylic acid groups (broad SMARTS) is 1. The first-order valence-corrected chi connectivity index (χ1v) is 8.05. The van der Waals surface area contributed by atoms with Crippen LogP contribution in [0.15, 0.2) is 30.3 Å². The minimum Gasteiger partial charge on any atom is -0.481 e. The van der Waals surface area contributed by atoms with Gasteiger partial charge in [-0.15, -0.1) is 0 Å². The van der Waals surface area contributed by atoms with Gasteiger partial charge in [0.25, 0.3) is 0 Å². The van der Waals surface area contributed by atoms with Crippen molar-refractivity contribution in [1.82, 2.24) is 0 Å². The fourth-order valence-corrected chi connectivity index (χ4v) is 1.88. The van der Waals surface area contributed by atoms with E-state index < -0.39 is 5.97 Å². The molecule has 0 saturated carbocycles. The predicted octanol–water partition coefficient (Wildman–Crippen LogP) is 3.86. The molecule has 0 amide bonds. The molecule has 2 heteroatoms. The van der Waals surface area contributed by atoms with E-state index in [4.69, 9.17) is 5.11 Å². The van der Waals surface area contributed by atoms with Crippen LogP contribution in [-0.4, -0.2) is 11.1 Å². The summed E-state index contributed by atoms with van der Waals surface area (Å²) in [5.41, 5.74) is 0.933. The Morgan fingerprint density at radius 3 is 2.17 bits per heavy atom. The molecule has 0 heterocycles. The van der Waals surface area contributed by atoms with Crippen molar-refractivity contribution in [3.05, 3.63) is 35.9 Å². The Hall–Kier alpha value is -3.07. The highest BCUT2D eigenvalue weighted by atomic mass is 16.4. The summed E-state index contributed by atoms with van der Waals surface area (Å²) in [7, 11) is 0. The molecule has 2 nitrogen and oxygen atoms in total. The number of aliphatic carboxylic acids is 1. The van der Waals surface area contributed by atoms with E-state index in [1.165, 1.54) is 0 Å². The summed E-state index contributed by atoms with van der Waals surface area (Å²) in [5.74, 6) is 21.4. The molecule has 0 aliphatic carbocycles. The van der Waals surface area contributed by atoms with Crippen molar-refractivity contribution in [2.75, 3.05) is 0 Å². The molecule has 24 heavy (non-hydrogen) atoms. The van der Waals surface area contributed by atoms with Crippen molar-refractivity contribution in [3.8, 4) is 47.4 Å². The molecule has 0 aliphatic heterocycles. The van der Waals surface area contributed by atoms with E-state index in [9.17, 15) is 4.79 Å². The van der Waals surface area contributed by atoms with Gasteiger partial charge >= 0.3 is 5.97 Å². The summed E-state index contributed by atoms with van der Waals surface area (Å²) < 4.78 is 0. The van der Waals surface area contributed by atoms with Crippen LogP contribution in [0.3, 0.4) is 0 Å². The molecule has 1 rings (SSSR count). The summed E-state index contributed by atoms with van der Waals surface area (Å²) in [6.07, 6.45) is 5.98. The molecule has 0 radical (unpaired) electrons. The molecule has 1 aromatic rings. The van der Waals surface area contributed by atoms with Crippen molar-refractivity contribution in [2.45, 2.75) is 44.9 Å². The minimum absolute atomic E-state index is 0.270. The lowest BCUT2D eigenvalue weighted by Crippen LogP contribution is -1.93. The zero-order valence-electron chi connectivity index (χ0n) is 13.7. The van der Waals surface area contributed by atoms with Crippen molar-refractivity contribution >= 4 is 5.97 Å². The number of hydrogen-bond acceptors (Lipinski definition) is 1. The van der Waals surface area contributed by atoms with Gasteiger partial charge < -0.3 is 5.11 Å². The van der Waals surface area contributed by atoms with Gasteiger partial charge in [0.15, 0.2) is 0 Å². The zero-order chi connectivity index (χ0) is 17.3. The highest BCUT2D eigenvalue weighted by Gasteiger charge is 1.95. The molecule has 0 fully saturated rings. The molecule has 0 saturated heterocycles. The predicted molar refractivity (Wildman–Crippen MR) is 96.6 cm³/mol. The normalized spacial score (nSPS) is 8.17. The molecule has 1 aromatic carbocycles. The quantitative estimate of drug-likeness (QED) is 0.612. The van der Waals surface area contributed by atoms with Gasteiger partial charge in [-0.1, -0.05) is 49.3 Å².